The van der Waals surface area contributed by atoms with E-state index in [-0.39, 0.29) is 11.9 Å². The van der Waals surface area contributed by atoms with Crippen molar-refractivity contribution in [3.05, 3.63) is 53.7 Å². The largest absolute Gasteiger partial charge is 0.417 e. The highest BCUT2D eigenvalue weighted by Gasteiger charge is 2.31. The van der Waals surface area contributed by atoms with Crippen molar-refractivity contribution in [2.75, 3.05) is 23.7 Å². The van der Waals surface area contributed by atoms with Crippen LogP contribution in [-0.2, 0) is 11.0 Å². The van der Waals surface area contributed by atoms with Gasteiger partial charge in [-0.1, -0.05) is 17.7 Å². The number of carbonyl (C=O) groups excluding carboxylic acids is 1. The number of nitrogens with one attached hydrogen (secondary N) is 1. The number of rotatable bonds is 5. The Morgan fingerprint density at radius 3 is 2.43 bits per heavy atom. The minimum absolute atomic E-state index is 0.00307. The predicted molar refractivity (Wildman–Crippen MR) is 105 cm³/mol. The number of anilines is 1. The zero-order valence-corrected chi connectivity index (χ0v) is 16.3. The Labute approximate surface area is 166 Å². The standard InChI is InChI=1S/C20H22F3N3OS/c1-14-2-5-17(6-3-14)28-13-19(27)25-16-8-10-26(11-9-16)18-7-4-15(12-24-18)20(21,22)23/h2-7,12,16H,8-11,13H2,1H3,(H,25,27). The molecule has 1 saturated heterocycles. The van der Waals surface area contributed by atoms with Gasteiger partial charge in [-0.15, -0.1) is 11.8 Å². The van der Waals surface area contributed by atoms with Gasteiger partial charge < -0.3 is 10.2 Å². The maximum absolute atomic E-state index is 12.6. The Morgan fingerprint density at radius 1 is 1.18 bits per heavy atom. The van der Waals surface area contributed by atoms with E-state index in [2.05, 4.69) is 10.3 Å². The van der Waals surface area contributed by atoms with Gasteiger partial charge in [0.15, 0.2) is 0 Å². The summed E-state index contributed by atoms with van der Waals surface area (Å²) in [6.07, 6.45) is -2.03. The molecule has 1 aromatic carbocycles. The van der Waals surface area contributed by atoms with E-state index >= 15 is 0 Å². The first-order valence-corrected chi connectivity index (χ1v) is 10.1. The number of aromatic nitrogens is 1. The Balaban J connectivity index is 1.43. The summed E-state index contributed by atoms with van der Waals surface area (Å²) in [5, 5.41) is 3.05. The third kappa shape index (κ3) is 5.64. The molecule has 1 N–H and O–H groups in total. The predicted octanol–water partition coefficient (Wildman–Crippen LogP) is 4.29. The van der Waals surface area contributed by atoms with Gasteiger partial charge in [0.1, 0.15) is 5.82 Å². The number of aryl methyl sites for hydroxylation is 1. The van der Waals surface area contributed by atoms with E-state index in [0.717, 1.165) is 30.0 Å². The molecule has 8 heteroatoms. The summed E-state index contributed by atoms with van der Waals surface area (Å²) < 4.78 is 37.9. The number of piperidine rings is 1. The minimum atomic E-state index is -4.38. The Hall–Kier alpha value is -2.22. The van der Waals surface area contributed by atoms with Crippen molar-refractivity contribution >= 4 is 23.5 Å². The van der Waals surface area contributed by atoms with Gasteiger partial charge >= 0.3 is 6.18 Å². The van der Waals surface area contributed by atoms with Crippen molar-refractivity contribution in [3.63, 3.8) is 0 Å². The monoisotopic (exact) mass is 409 g/mol. The minimum Gasteiger partial charge on any atom is -0.356 e. The van der Waals surface area contributed by atoms with Crippen LogP contribution < -0.4 is 10.2 Å². The van der Waals surface area contributed by atoms with Crippen LogP contribution in [0.1, 0.15) is 24.0 Å². The van der Waals surface area contributed by atoms with Gasteiger partial charge in [0.25, 0.3) is 0 Å². The summed E-state index contributed by atoms with van der Waals surface area (Å²) >= 11 is 1.50. The molecule has 2 aromatic rings. The van der Waals surface area contributed by atoms with Gasteiger partial charge in [-0.25, -0.2) is 4.98 Å². The fourth-order valence-electron chi connectivity index (χ4n) is 3.05. The number of carbonyl (C=O) groups is 1. The maximum atomic E-state index is 12.6. The van der Waals surface area contributed by atoms with Crippen LogP contribution in [0.2, 0.25) is 0 Å². The van der Waals surface area contributed by atoms with E-state index in [4.69, 9.17) is 0 Å². The molecule has 3 rings (SSSR count). The van der Waals surface area contributed by atoms with Gasteiger partial charge in [0, 0.05) is 30.2 Å². The van der Waals surface area contributed by atoms with E-state index in [0.29, 0.717) is 24.7 Å². The summed E-state index contributed by atoms with van der Waals surface area (Å²) in [4.78, 5) is 19.1. The topological polar surface area (TPSA) is 45.2 Å². The van der Waals surface area contributed by atoms with E-state index in [1.165, 1.54) is 23.4 Å². The molecule has 0 radical (unpaired) electrons. The first-order chi connectivity index (χ1) is 13.3. The van der Waals surface area contributed by atoms with Gasteiger partial charge in [-0.2, -0.15) is 13.2 Å². The lowest BCUT2D eigenvalue weighted by molar-refractivity contribution is -0.137. The van der Waals surface area contributed by atoms with Crippen LogP contribution in [-0.4, -0.2) is 35.8 Å². The zero-order valence-electron chi connectivity index (χ0n) is 15.5. The molecule has 0 unspecified atom stereocenters. The van der Waals surface area contributed by atoms with Crippen molar-refractivity contribution in [1.82, 2.24) is 10.3 Å². The van der Waals surface area contributed by atoms with E-state index in [1.54, 1.807) is 0 Å². The quantitative estimate of drug-likeness (QED) is 0.749. The second-order valence-electron chi connectivity index (χ2n) is 6.83. The van der Waals surface area contributed by atoms with Crippen LogP contribution in [0.25, 0.3) is 0 Å². The average Bonchev–Trinajstić information content (AvgIpc) is 2.68. The molecule has 0 bridgehead atoms. The molecule has 150 valence electrons. The highest BCUT2D eigenvalue weighted by atomic mass is 32.2. The number of nitrogens with zero attached hydrogens (tertiary/aromatic N) is 2. The first-order valence-electron chi connectivity index (χ1n) is 9.08. The van der Waals surface area contributed by atoms with Crippen molar-refractivity contribution < 1.29 is 18.0 Å². The first kappa shape index (κ1) is 20.5. The normalized spacial score (nSPS) is 15.5. The average molecular weight is 409 g/mol. The summed E-state index contributed by atoms with van der Waals surface area (Å²) in [6, 6.07) is 10.6. The van der Waals surface area contributed by atoms with Crippen molar-refractivity contribution in [3.8, 4) is 0 Å². The number of benzene rings is 1. The summed E-state index contributed by atoms with van der Waals surface area (Å²) in [7, 11) is 0. The lowest BCUT2D eigenvalue weighted by Gasteiger charge is -2.33. The second-order valence-corrected chi connectivity index (χ2v) is 7.88. The molecule has 1 aliphatic rings. The van der Waals surface area contributed by atoms with Crippen LogP contribution in [0, 0.1) is 6.92 Å². The van der Waals surface area contributed by atoms with Crippen LogP contribution in [0.4, 0.5) is 19.0 Å². The molecule has 28 heavy (non-hydrogen) atoms. The number of thioether (sulfide) groups is 1. The smallest absolute Gasteiger partial charge is 0.356 e. The molecule has 0 atom stereocenters. The third-order valence-electron chi connectivity index (χ3n) is 4.65. The van der Waals surface area contributed by atoms with Crippen LogP contribution in [0.5, 0.6) is 0 Å². The van der Waals surface area contributed by atoms with Crippen LogP contribution in [0.15, 0.2) is 47.5 Å². The van der Waals surface area contributed by atoms with Gasteiger partial charge in [-0.05, 0) is 44.0 Å². The maximum Gasteiger partial charge on any atom is 0.417 e. The van der Waals surface area contributed by atoms with Crippen molar-refractivity contribution in [1.29, 1.82) is 0 Å². The fourth-order valence-corrected chi connectivity index (χ4v) is 3.76. The summed E-state index contributed by atoms with van der Waals surface area (Å²) in [6.45, 7) is 3.32. The molecule has 4 nitrogen and oxygen atoms in total. The van der Waals surface area contributed by atoms with E-state index < -0.39 is 11.7 Å². The van der Waals surface area contributed by atoms with Gasteiger partial charge in [0.2, 0.25) is 5.91 Å². The highest BCUT2D eigenvalue weighted by molar-refractivity contribution is 8.00. The summed E-state index contributed by atoms with van der Waals surface area (Å²) in [5.74, 6) is 0.897. The van der Waals surface area contributed by atoms with Gasteiger partial charge in [-0.3, -0.25) is 4.79 Å². The number of alkyl halides is 3. The second kappa shape index (κ2) is 8.86. The molecular formula is C20H22F3N3OS. The van der Waals surface area contributed by atoms with E-state index in [1.807, 2.05) is 36.1 Å². The zero-order chi connectivity index (χ0) is 20.1. The number of pyridine rings is 1. The SMILES string of the molecule is Cc1ccc(SCC(=O)NC2CCN(c3ccc(C(F)(F)F)cn3)CC2)cc1. The Kier molecular flexibility index (Phi) is 6.49. The third-order valence-corrected chi connectivity index (χ3v) is 5.66. The molecule has 0 saturated carbocycles. The lowest BCUT2D eigenvalue weighted by atomic mass is 10.0. The Bertz CT molecular complexity index is 786. The number of hydrogen-bond acceptors (Lipinski definition) is 4. The van der Waals surface area contributed by atoms with Crippen molar-refractivity contribution in [2.24, 2.45) is 0 Å². The molecule has 1 aliphatic heterocycles. The number of amides is 1. The fraction of sp³-hybridized carbons (Fsp3) is 0.400. The summed E-state index contributed by atoms with van der Waals surface area (Å²) in [5.41, 5.74) is 0.438. The molecular weight excluding hydrogens is 387 g/mol. The van der Waals surface area contributed by atoms with Gasteiger partial charge in [0.05, 0.1) is 11.3 Å². The molecule has 1 fully saturated rings. The Morgan fingerprint density at radius 2 is 1.86 bits per heavy atom. The number of hydrogen-bond donors (Lipinski definition) is 1. The molecule has 1 aromatic heterocycles. The number of halogens is 3. The molecule has 0 aliphatic carbocycles. The lowest BCUT2D eigenvalue weighted by Crippen LogP contribution is -2.45. The van der Waals surface area contributed by atoms with Crippen molar-refractivity contribution in [2.45, 2.75) is 36.9 Å². The van der Waals surface area contributed by atoms with E-state index in [9.17, 15) is 18.0 Å². The van der Waals surface area contributed by atoms with Crippen LogP contribution >= 0.6 is 11.8 Å². The molecule has 2 heterocycles. The van der Waals surface area contributed by atoms with Crippen LogP contribution in [0.3, 0.4) is 0 Å². The highest BCUT2D eigenvalue weighted by Crippen LogP contribution is 2.29. The molecule has 0 spiro atoms. The molecule has 1 amide bonds.